The molecule has 8 heteroatoms. The van der Waals surface area contributed by atoms with E-state index in [-0.39, 0.29) is 24.1 Å². The number of hydrogen-bond acceptors (Lipinski definition) is 6. The van der Waals surface area contributed by atoms with E-state index in [9.17, 15) is 9.18 Å². The highest BCUT2D eigenvalue weighted by Gasteiger charge is 2.19. The van der Waals surface area contributed by atoms with Gasteiger partial charge in [0.15, 0.2) is 11.6 Å². The summed E-state index contributed by atoms with van der Waals surface area (Å²) in [5.74, 6) is 1.38. The van der Waals surface area contributed by atoms with E-state index in [1.54, 1.807) is 12.1 Å². The summed E-state index contributed by atoms with van der Waals surface area (Å²) in [6, 6.07) is 14.4. The molecule has 32 heavy (non-hydrogen) atoms. The van der Waals surface area contributed by atoms with Crippen LogP contribution in [-0.4, -0.2) is 16.0 Å². The van der Waals surface area contributed by atoms with Gasteiger partial charge in [-0.05, 0) is 55.0 Å². The third-order valence-electron chi connectivity index (χ3n) is 4.78. The number of aromatic nitrogens is 2. The van der Waals surface area contributed by atoms with Crippen molar-refractivity contribution < 1.29 is 22.9 Å². The van der Waals surface area contributed by atoms with Gasteiger partial charge in [-0.25, -0.2) is 4.39 Å². The molecule has 0 saturated carbocycles. The maximum atomic E-state index is 13.0. The molecule has 0 bridgehead atoms. The quantitative estimate of drug-likeness (QED) is 0.399. The highest BCUT2D eigenvalue weighted by atomic mass is 19.1. The minimum atomic E-state index is -0.419. The largest absolute Gasteiger partial charge is 0.486 e. The Balaban J connectivity index is 1.49. The van der Waals surface area contributed by atoms with Gasteiger partial charge in [-0.15, -0.1) is 0 Å². The molecule has 1 N–H and O–H groups in total. The fourth-order valence-corrected chi connectivity index (χ4v) is 3.03. The molecular weight excluding hydrogens is 413 g/mol. The van der Waals surface area contributed by atoms with Crippen molar-refractivity contribution in [3.63, 3.8) is 0 Å². The van der Waals surface area contributed by atoms with Gasteiger partial charge in [0, 0.05) is 5.92 Å². The number of para-hydroxylation sites is 1. The van der Waals surface area contributed by atoms with Gasteiger partial charge in [0.05, 0.1) is 11.3 Å². The predicted molar refractivity (Wildman–Crippen MR) is 116 cm³/mol. The van der Waals surface area contributed by atoms with Crippen molar-refractivity contribution in [1.29, 1.82) is 0 Å². The fourth-order valence-electron chi connectivity index (χ4n) is 3.03. The Labute approximate surface area is 184 Å². The van der Waals surface area contributed by atoms with E-state index in [4.69, 9.17) is 13.7 Å². The summed E-state index contributed by atoms with van der Waals surface area (Å²) < 4.78 is 29.6. The van der Waals surface area contributed by atoms with Crippen molar-refractivity contribution in [1.82, 2.24) is 10.1 Å². The molecule has 0 aliphatic rings. The van der Waals surface area contributed by atoms with Crippen molar-refractivity contribution in [2.24, 2.45) is 0 Å². The number of halogens is 1. The number of anilines is 1. The maximum Gasteiger partial charge on any atom is 0.291 e. The van der Waals surface area contributed by atoms with Gasteiger partial charge >= 0.3 is 0 Å². The Morgan fingerprint density at radius 2 is 1.91 bits per heavy atom. The van der Waals surface area contributed by atoms with Crippen molar-refractivity contribution in [3.8, 4) is 17.2 Å². The number of aryl methyl sites for hydroxylation is 1. The second-order valence-corrected chi connectivity index (χ2v) is 7.57. The van der Waals surface area contributed by atoms with Crippen LogP contribution in [0.1, 0.15) is 47.5 Å². The molecule has 0 spiro atoms. The van der Waals surface area contributed by atoms with Gasteiger partial charge in [0.25, 0.3) is 11.8 Å². The first-order chi connectivity index (χ1) is 15.4. The van der Waals surface area contributed by atoms with Crippen LogP contribution in [0.25, 0.3) is 11.5 Å². The van der Waals surface area contributed by atoms with Crippen LogP contribution in [0, 0.1) is 12.7 Å². The zero-order chi connectivity index (χ0) is 22.7. The normalized spacial score (nSPS) is 11.0. The van der Waals surface area contributed by atoms with Crippen LogP contribution in [0.15, 0.2) is 63.5 Å². The van der Waals surface area contributed by atoms with Gasteiger partial charge in [-0.2, -0.15) is 4.98 Å². The van der Waals surface area contributed by atoms with Crippen LogP contribution < -0.4 is 10.1 Å². The van der Waals surface area contributed by atoms with Crippen LogP contribution in [0.3, 0.4) is 0 Å². The first kappa shape index (κ1) is 21.3. The van der Waals surface area contributed by atoms with E-state index in [0.717, 1.165) is 5.56 Å². The summed E-state index contributed by atoms with van der Waals surface area (Å²) in [7, 11) is 0. The minimum Gasteiger partial charge on any atom is -0.486 e. The molecule has 0 atom stereocenters. The maximum absolute atomic E-state index is 13.0. The lowest BCUT2D eigenvalue weighted by molar-refractivity contribution is 0.0992. The third-order valence-corrected chi connectivity index (χ3v) is 4.78. The number of nitrogens with zero attached hydrogens (tertiary/aromatic N) is 2. The second kappa shape index (κ2) is 9.05. The molecule has 0 unspecified atom stereocenters. The van der Waals surface area contributed by atoms with Crippen LogP contribution in [0.4, 0.5) is 10.1 Å². The van der Waals surface area contributed by atoms with Gasteiger partial charge in [-0.3, -0.25) is 4.79 Å². The molecule has 2 heterocycles. The van der Waals surface area contributed by atoms with Gasteiger partial charge in [0.2, 0.25) is 0 Å². The van der Waals surface area contributed by atoms with Gasteiger partial charge < -0.3 is 19.0 Å². The highest BCUT2D eigenvalue weighted by Crippen LogP contribution is 2.31. The van der Waals surface area contributed by atoms with Crippen molar-refractivity contribution in [2.45, 2.75) is 33.3 Å². The second-order valence-electron chi connectivity index (χ2n) is 7.57. The Morgan fingerprint density at radius 3 is 2.62 bits per heavy atom. The monoisotopic (exact) mass is 435 g/mol. The average molecular weight is 435 g/mol. The molecule has 0 aliphatic carbocycles. The van der Waals surface area contributed by atoms with E-state index in [2.05, 4.69) is 15.5 Å². The average Bonchev–Trinajstić information content (AvgIpc) is 3.45. The Kier molecular flexibility index (Phi) is 6.02. The van der Waals surface area contributed by atoms with E-state index in [1.165, 1.54) is 24.3 Å². The molecule has 0 fully saturated rings. The number of benzene rings is 2. The lowest BCUT2D eigenvalue weighted by atomic mass is 10.1. The Morgan fingerprint density at radius 1 is 1.12 bits per heavy atom. The molecule has 2 aromatic heterocycles. The van der Waals surface area contributed by atoms with Crippen LogP contribution >= 0.6 is 0 Å². The third kappa shape index (κ3) is 4.69. The number of amides is 1. The van der Waals surface area contributed by atoms with E-state index in [0.29, 0.717) is 34.5 Å². The smallest absolute Gasteiger partial charge is 0.291 e. The summed E-state index contributed by atoms with van der Waals surface area (Å²) in [6.07, 6.45) is 0. The number of rotatable bonds is 7. The summed E-state index contributed by atoms with van der Waals surface area (Å²) in [4.78, 5) is 17.3. The Hall–Kier alpha value is -3.94. The molecule has 2 aromatic carbocycles. The molecule has 0 radical (unpaired) electrons. The van der Waals surface area contributed by atoms with Crippen molar-refractivity contribution >= 4 is 11.6 Å². The van der Waals surface area contributed by atoms with E-state index >= 15 is 0 Å². The van der Waals surface area contributed by atoms with E-state index in [1.807, 2.05) is 39.0 Å². The molecule has 4 aromatic rings. The lowest BCUT2D eigenvalue weighted by Gasteiger charge is -2.10. The van der Waals surface area contributed by atoms with Crippen LogP contribution in [-0.2, 0) is 6.61 Å². The summed E-state index contributed by atoms with van der Waals surface area (Å²) >= 11 is 0. The van der Waals surface area contributed by atoms with Crippen LogP contribution in [0.2, 0.25) is 0 Å². The molecule has 7 nitrogen and oxygen atoms in total. The summed E-state index contributed by atoms with van der Waals surface area (Å²) in [6.45, 7) is 5.93. The standard InChI is InChI=1S/C24H22FN3O4/c1-14(2)22-27-24(32-28-22)19-6-4-5-15(3)21(19)26-23(29)20-12-11-18(31-20)13-30-17-9-7-16(25)8-10-17/h4-12,14H,13H2,1-3H3,(H,26,29). The molecule has 164 valence electrons. The Bertz CT molecular complexity index is 1230. The molecule has 4 rings (SSSR count). The fraction of sp³-hybridized carbons (Fsp3) is 0.208. The zero-order valence-corrected chi connectivity index (χ0v) is 17.9. The molecule has 0 aliphatic heterocycles. The van der Waals surface area contributed by atoms with Crippen molar-refractivity contribution in [2.75, 3.05) is 5.32 Å². The van der Waals surface area contributed by atoms with Crippen molar-refractivity contribution in [3.05, 3.63) is 83.3 Å². The number of carbonyl (C=O) groups excluding carboxylic acids is 1. The lowest BCUT2D eigenvalue weighted by Crippen LogP contribution is -2.13. The zero-order valence-electron chi connectivity index (χ0n) is 17.9. The number of nitrogens with one attached hydrogen (secondary N) is 1. The highest BCUT2D eigenvalue weighted by molar-refractivity contribution is 6.04. The number of carbonyl (C=O) groups is 1. The topological polar surface area (TPSA) is 90.4 Å². The minimum absolute atomic E-state index is 0.106. The number of furan rings is 1. The summed E-state index contributed by atoms with van der Waals surface area (Å²) in [5.41, 5.74) is 2.03. The predicted octanol–water partition coefficient (Wildman–Crippen LogP) is 5.73. The molecule has 1 amide bonds. The summed E-state index contributed by atoms with van der Waals surface area (Å²) in [5, 5.41) is 6.88. The van der Waals surface area contributed by atoms with E-state index < -0.39 is 5.91 Å². The first-order valence-corrected chi connectivity index (χ1v) is 10.1. The molecular formula is C24H22FN3O4. The molecule has 0 saturated heterocycles. The number of hydrogen-bond donors (Lipinski definition) is 1. The van der Waals surface area contributed by atoms with Crippen LogP contribution in [0.5, 0.6) is 5.75 Å². The van der Waals surface area contributed by atoms with Gasteiger partial charge in [0.1, 0.15) is 23.9 Å². The first-order valence-electron chi connectivity index (χ1n) is 10.1. The number of ether oxygens (including phenoxy) is 1. The SMILES string of the molecule is Cc1cccc(-c2nc(C(C)C)no2)c1NC(=O)c1ccc(COc2ccc(F)cc2)o1. The van der Waals surface area contributed by atoms with Gasteiger partial charge in [-0.1, -0.05) is 31.1 Å².